The number of rotatable bonds is 8. The summed E-state index contributed by atoms with van der Waals surface area (Å²) in [6, 6.07) is 7.40. The fourth-order valence-corrected chi connectivity index (χ4v) is 5.99. The van der Waals surface area contributed by atoms with Gasteiger partial charge in [0.1, 0.15) is 17.8 Å². The maximum absolute atomic E-state index is 15.6. The van der Waals surface area contributed by atoms with Crippen molar-refractivity contribution in [1.82, 2.24) is 19.4 Å². The van der Waals surface area contributed by atoms with Crippen LogP contribution in [0.5, 0.6) is 0 Å². The lowest BCUT2D eigenvalue weighted by molar-refractivity contribution is -0.137. The van der Waals surface area contributed by atoms with Crippen molar-refractivity contribution in [3.63, 3.8) is 0 Å². The summed E-state index contributed by atoms with van der Waals surface area (Å²) in [4.78, 5) is 24.2. The molecule has 0 spiro atoms. The second-order valence-electron chi connectivity index (χ2n) is 9.88. The number of hydrogen-bond donors (Lipinski definition) is 1. The molecule has 2 aromatic heterocycles. The molecule has 7 nitrogen and oxygen atoms in total. The zero-order valence-corrected chi connectivity index (χ0v) is 22.1. The molecule has 1 amide bonds. The number of piperidine rings is 1. The van der Waals surface area contributed by atoms with Gasteiger partial charge in [-0.1, -0.05) is 12.1 Å². The number of likely N-dealkylation sites (tertiary alicyclic amines) is 1. The average molecular weight is 630 g/mol. The highest BCUT2D eigenvalue weighted by atomic mass is 127. The third-order valence-electron chi connectivity index (χ3n) is 7.05. The monoisotopic (exact) mass is 630 g/mol. The second-order valence-corrected chi connectivity index (χ2v) is 11.7. The molecule has 2 N–H and O–H groups in total. The maximum Gasteiger partial charge on any atom is 0.416 e. The molecule has 1 aliphatic carbocycles. The molecule has 3 heterocycles. The van der Waals surface area contributed by atoms with Gasteiger partial charge in [0.05, 0.1) is 17.5 Å². The van der Waals surface area contributed by atoms with Crippen LogP contribution in [0.1, 0.15) is 30.4 Å². The molecule has 0 bridgehead atoms. The van der Waals surface area contributed by atoms with Crippen molar-refractivity contribution < 1.29 is 22.4 Å². The number of amides is 1. The van der Waals surface area contributed by atoms with Crippen molar-refractivity contribution in [3.05, 3.63) is 54.0 Å². The van der Waals surface area contributed by atoms with Gasteiger partial charge in [0.25, 0.3) is 0 Å². The van der Waals surface area contributed by atoms with E-state index < -0.39 is 21.3 Å². The lowest BCUT2D eigenvalue weighted by Gasteiger charge is -2.39. The summed E-state index contributed by atoms with van der Waals surface area (Å²) in [7, 11) is 0. The van der Waals surface area contributed by atoms with Crippen LogP contribution in [0.15, 0.2) is 42.9 Å². The van der Waals surface area contributed by atoms with E-state index >= 15 is 4.39 Å². The zero-order chi connectivity index (χ0) is 26.4. The predicted octanol–water partition coefficient (Wildman–Crippen LogP) is 4.53. The quantitative estimate of drug-likeness (QED) is 0.225. The van der Waals surface area contributed by atoms with Gasteiger partial charge in [-0.05, 0) is 72.2 Å². The zero-order valence-electron chi connectivity index (χ0n) is 20.0. The minimum absolute atomic E-state index is 0.0420. The van der Waals surface area contributed by atoms with Crippen molar-refractivity contribution in [2.75, 3.05) is 24.5 Å². The lowest BCUT2D eigenvalue weighted by Crippen LogP contribution is -2.50. The normalized spacial score (nSPS) is 22.9. The van der Waals surface area contributed by atoms with Gasteiger partial charge in [-0.3, -0.25) is 9.69 Å². The molecular weight excluding hydrogens is 603 g/mol. The number of halogens is 5. The van der Waals surface area contributed by atoms with E-state index in [9.17, 15) is 18.0 Å². The number of nitrogens with zero attached hydrogens (tertiary/aromatic N) is 5. The molecule has 0 unspecified atom stereocenters. The van der Waals surface area contributed by atoms with Crippen LogP contribution in [0, 0.1) is 5.92 Å². The number of fused-ring (bicyclic) bond motifs is 1. The molecule has 2 aliphatic rings. The smallest absolute Gasteiger partial charge is 0.369 e. The third kappa shape index (κ3) is 5.84. The standard InChI is InChI=1S/C25H27F4IN6O/c26-24(30)14-34(13-21(31)37)9-7-18(24)12-35-10-8-20-22(35)32-15-33-23(20)36(19-5-6-19)11-16-1-3-17(4-2-16)25(27,28)29/h1-4,8,10,15,18-19H,5-7,9,11-14H2,(H2,31,37)/t18-,24+/m0/s1. The highest BCUT2D eigenvalue weighted by molar-refractivity contribution is 14.1. The summed E-state index contributed by atoms with van der Waals surface area (Å²) in [5.74, 6) is -0.0240. The van der Waals surface area contributed by atoms with Crippen molar-refractivity contribution in [2.45, 2.75) is 48.2 Å². The Labute approximate surface area is 225 Å². The number of benzene rings is 1. The van der Waals surface area contributed by atoms with E-state index in [1.807, 2.05) is 39.4 Å². The van der Waals surface area contributed by atoms with Gasteiger partial charge in [0.2, 0.25) is 5.91 Å². The van der Waals surface area contributed by atoms with Crippen LogP contribution in [0.2, 0.25) is 0 Å². The highest BCUT2D eigenvalue weighted by Gasteiger charge is 2.42. The average Bonchev–Trinajstić information content (AvgIpc) is 3.58. The highest BCUT2D eigenvalue weighted by Crippen LogP contribution is 2.40. The van der Waals surface area contributed by atoms with E-state index in [0.29, 0.717) is 31.7 Å². The molecule has 1 aromatic carbocycles. The van der Waals surface area contributed by atoms with Crippen LogP contribution in [-0.4, -0.2) is 54.7 Å². The fraction of sp³-hybridized carbons (Fsp3) is 0.480. The van der Waals surface area contributed by atoms with Crippen LogP contribution in [0.3, 0.4) is 0 Å². The Morgan fingerprint density at radius 3 is 2.51 bits per heavy atom. The van der Waals surface area contributed by atoms with E-state index in [4.69, 9.17) is 5.73 Å². The number of alkyl halides is 5. The summed E-state index contributed by atoms with van der Waals surface area (Å²) in [5.41, 5.74) is 6.07. The van der Waals surface area contributed by atoms with Gasteiger partial charge in [-0.25, -0.2) is 14.4 Å². The van der Waals surface area contributed by atoms with E-state index in [1.165, 1.54) is 18.5 Å². The number of nitrogens with two attached hydrogens (primary N) is 1. The molecule has 1 saturated heterocycles. The Hall–Kier alpha value is -2.48. The van der Waals surface area contributed by atoms with Gasteiger partial charge < -0.3 is 15.2 Å². The Balaban J connectivity index is 1.36. The number of anilines is 1. The van der Waals surface area contributed by atoms with E-state index in [1.54, 1.807) is 4.90 Å². The first-order valence-electron chi connectivity index (χ1n) is 12.1. The van der Waals surface area contributed by atoms with Crippen molar-refractivity contribution in [1.29, 1.82) is 0 Å². The van der Waals surface area contributed by atoms with Crippen LogP contribution in [-0.2, 0) is 24.1 Å². The molecule has 3 aromatic rings. The molecular formula is C25H27F4IN6O. The van der Waals surface area contributed by atoms with Crippen LogP contribution < -0.4 is 10.6 Å². The summed E-state index contributed by atoms with van der Waals surface area (Å²) in [6.07, 6.45) is 1.54. The van der Waals surface area contributed by atoms with Gasteiger partial charge in [0, 0.05) is 37.8 Å². The first-order chi connectivity index (χ1) is 17.5. The molecule has 198 valence electrons. The first kappa shape index (κ1) is 26.1. The lowest BCUT2D eigenvalue weighted by atomic mass is 9.94. The molecule has 0 radical (unpaired) electrons. The molecule has 2 fully saturated rings. The number of aromatic nitrogens is 3. The van der Waals surface area contributed by atoms with Crippen LogP contribution in [0.25, 0.3) is 11.0 Å². The molecule has 12 heteroatoms. The van der Waals surface area contributed by atoms with E-state index in [0.717, 1.165) is 41.7 Å². The number of carbonyl (C=O) groups is 1. The Morgan fingerprint density at radius 2 is 1.89 bits per heavy atom. The molecule has 1 saturated carbocycles. The predicted molar refractivity (Wildman–Crippen MR) is 140 cm³/mol. The molecule has 1 aliphatic heterocycles. The van der Waals surface area contributed by atoms with Crippen molar-refractivity contribution in [3.8, 4) is 0 Å². The van der Waals surface area contributed by atoms with E-state index in [2.05, 4.69) is 14.9 Å². The van der Waals surface area contributed by atoms with Gasteiger partial charge >= 0.3 is 6.18 Å². The number of carbonyl (C=O) groups excluding carboxylic acids is 1. The van der Waals surface area contributed by atoms with E-state index in [-0.39, 0.29) is 25.0 Å². The first-order valence-corrected chi connectivity index (χ1v) is 13.2. The van der Waals surface area contributed by atoms with Crippen molar-refractivity contribution in [2.24, 2.45) is 11.7 Å². The largest absolute Gasteiger partial charge is 0.416 e. The molecule has 37 heavy (non-hydrogen) atoms. The van der Waals surface area contributed by atoms with Crippen LogP contribution >= 0.6 is 22.6 Å². The summed E-state index contributed by atoms with van der Waals surface area (Å²) < 4.78 is 54.9. The summed E-state index contributed by atoms with van der Waals surface area (Å²) >= 11 is 1.83. The van der Waals surface area contributed by atoms with Gasteiger partial charge in [-0.2, -0.15) is 13.2 Å². The second kappa shape index (κ2) is 10.0. The Kier molecular flexibility index (Phi) is 7.07. The molecule has 5 rings (SSSR count). The number of primary amides is 1. The summed E-state index contributed by atoms with van der Waals surface area (Å²) in [5, 5.41) is 0.824. The SMILES string of the molecule is NC(=O)CN1CC[C@@H](Cn2ccc3c(N(Cc4ccc(C(F)(F)F)cc4)C4CC4)ncnc32)[C@](F)(I)C1. The topological polar surface area (TPSA) is 80.3 Å². The molecule has 2 atom stereocenters. The fourth-order valence-electron chi connectivity index (χ4n) is 5.00. The maximum atomic E-state index is 15.6. The Morgan fingerprint density at radius 1 is 1.16 bits per heavy atom. The van der Waals surface area contributed by atoms with Crippen LogP contribution in [0.4, 0.5) is 23.4 Å². The minimum Gasteiger partial charge on any atom is -0.369 e. The third-order valence-corrected chi connectivity index (χ3v) is 8.27. The van der Waals surface area contributed by atoms with Crippen molar-refractivity contribution >= 4 is 45.3 Å². The summed E-state index contributed by atoms with van der Waals surface area (Å²) in [6.45, 7) is 1.61. The van der Waals surface area contributed by atoms with Gasteiger partial charge in [-0.15, -0.1) is 0 Å². The van der Waals surface area contributed by atoms with Gasteiger partial charge in [0.15, 0.2) is 3.68 Å². The minimum atomic E-state index is -4.37. The Bertz CT molecular complexity index is 1270. The number of hydrogen-bond acceptors (Lipinski definition) is 5.